The van der Waals surface area contributed by atoms with Crippen molar-refractivity contribution in [1.82, 2.24) is 0 Å². The lowest BCUT2D eigenvalue weighted by Gasteiger charge is -2.12. The molecular weight excluding hydrogens is 246 g/mol. The van der Waals surface area contributed by atoms with E-state index in [4.69, 9.17) is 22.1 Å². The highest BCUT2D eigenvalue weighted by Gasteiger charge is 2.06. The van der Waals surface area contributed by atoms with Crippen LogP contribution in [0.3, 0.4) is 0 Å². The molecule has 0 bridgehead atoms. The summed E-state index contributed by atoms with van der Waals surface area (Å²) < 4.78 is 5.87. The largest absolute Gasteiger partial charge is 0.457 e. The number of benzene rings is 2. The number of halogens is 1. The van der Waals surface area contributed by atoms with Crippen LogP contribution in [0.5, 0.6) is 11.5 Å². The molecule has 0 fully saturated rings. The summed E-state index contributed by atoms with van der Waals surface area (Å²) in [7, 11) is 0. The molecule has 0 saturated carbocycles. The fraction of sp³-hybridized carbons (Fsp3) is 0.200. The highest BCUT2D eigenvalue weighted by molar-refractivity contribution is 6.31. The summed E-state index contributed by atoms with van der Waals surface area (Å²) >= 11 is 5.99. The van der Waals surface area contributed by atoms with Crippen LogP contribution >= 0.6 is 11.6 Å². The van der Waals surface area contributed by atoms with Crippen molar-refractivity contribution in [3.8, 4) is 11.5 Å². The van der Waals surface area contributed by atoms with Crippen molar-refractivity contribution in [1.29, 1.82) is 0 Å². The summed E-state index contributed by atoms with van der Waals surface area (Å²) in [5.74, 6) is 1.60. The van der Waals surface area contributed by atoms with Crippen LogP contribution < -0.4 is 10.5 Å². The van der Waals surface area contributed by atoms with Gasteiger partial charge in [0.25, 0.3) is 0 Å². The average Bonchev–Trinajstić information content (AvgIpc) is 2.31. The maximum atomic E-state index is 5.99. The van der Waals surface area contributed by atoms with Crippen molar-refractivity contribution >= 4 is 17.3 Å². The number of rotatable bonds is 2. The number of nitrogen functional groups attached to an aromatic ring is 1. The average molecular weight is 262 g/mol. The lowest BCUT2D eigenvalue weighted by Crippen LogP contribution is -1.94. The lowest BCUT2D eigenvalue weighted by atomic mass is 10.1. The number of anilines is 1. The minimum Gasteiger partial charge on any atom is -0.457 e. The molecule has 0 amide bonds. The Labute approximate surface area is 112 Å². The van der Waals surface area contributed by atoms with E-state index in [-0.39, 0.29) is 0 Å². The van der Waals surface area contributed by atoms with E-state index in [0.717, 1.165) is 38.9 Å². The van der Waals surface area contributed by atoms with E-state index in [1.807, 2.05) is 51.1 Å². The highest BCUT2D eigenvalue weighted by atomic mass is 35.5. The van der Waals surface area contributed by atoms with Gasteiger partial charge in [-0.2, -0.15) is 0 Å². The molecule has 0 aromatic heterocycles. The van der Waals surface area contributed by atoms with Gasteiger partial charge in [0.2, 0.25) is 0 Å². The summed E-state index contributed by atoms with van der Waals surface area (Å²) in [5, 5.41) is 0.743. The predicted octanol–water partition coefficient (Wildman–Crippen LogP) is 4.64. The first-order chi connectivity index (χ1) is 8.47. The van der Waals surface area contributed by atoms with Gasteiger partial charge in [0.1, 0.15) is 11.5 Å². The van der Waals surface area contributed by atoms with Crippen molar-refractivity contribution < 1.29 is 4.74 Å². The molecule has 0 aliphatic carbocycles. The molecule has 0 spiro atoms. The Morgan fingerprint density at radius 2 is 1.67 bits per heavy atom. The molecule has 3 heteroatoms. The first-order valence-electron chi connectivity index (χ1n) is 5.78. The lowest BCUT2D eigenvalue weighted by molar-refractivity contribution is 0.478. The first kappa shape index (κ1) is 12.8. The van der Waals surface area contributed by atoms with Gasteiger partial charge in [-0.05, 0) is 67.8 Å². The highest BCUT2D eigenvalue weighted by Crippen LogP contribution is 2.30. The van der Waals surface area contributed by atoms with Crippen molar-refractivity contribution in [3.05, 3.63) is 52.0 Å². The van der Waals surface area contributed by atoms with Crippen molar-refractivity contribution in [2.75, 3.05) is 5.73 Å². The van der Waals surface area contributed by atoms with Crippen molar-refractivity contribution in [2.45, 2.75) is 20.8 Å². The fourth-order valence-corrected chi connectivity index (χ4v) is 1.85. The molecule has 2 N–H and O–H groups in total. The summed E-state index contributed by atoms with van der Waals surface area (Å²) in [5.41, 5.74) is 9.67. The van der Waals surface area contributed by atoms with Gasteiger partial charge in [-0.25, -0.2) is 0 Å². The Morgan fingerprint density at radius 3 is 2.33 bits per heavy atom. The second-order valence-corrected chi connectivity index (χ2v) is 4.89. The zero-order valence-corrected chi connectivity index (χ0v) is 11.5. The van der Waals surface area contributed by atoms with Crippen molar-refractivity contribution in [2.24, 2.45) is 0 Å². The summed E-state index contributed by atoms with van der Waals surface area (Å²) in [6.45, 7) is 5.90. The van der Waals surface area contributed by atoms with E-state index in [1.165, 1.54) is 0 Å². The Bertz CT molecular complexity index is 593. The van der Waals surface area contributed by atoms with Gasteiger partial charge in [0.15, 0.2) is 0 Å². The SMILES string of the molecule is Cc1cc(Oc2ccc(Cl)c(C)c2)c(C)cc1N. The number of hydrogen-bond acceptors (Lipinski definition) is 2. The topological polar surface area (TPSA) is 35.2 Å². The molecule has 0 atom stereocenters. The summed E-state index contributed by atoms with van der Waals surface area (Å²) in [4.78, 5) is 0. The van der Waals surface area contributed by atoms with E-state index in [0.29, 0.717) is 0 Å². The molecule has 2 rings (SSSR count). The quantitative estimate of drug-likeness (QED) is 0.800. The standard InChI is InChI=1S/C15H16ClNO/c1-9-6-12(4-5-13(9)16)18-15-8-10(2)14(17)7-11(15)3/h4-8H,17H2,1-3H3. The van der Waals surface area contributed by atoms with E-state index in [1.54, 1.807) is 0 Å². The molecule has 2 nitrogen and oxygen atoms in total. The Hall–Kier alpha value is -1.67. The minimum absolute atomic E-state index is 0.743. The van der Waals surface area contributed by atoms with Crippen LogP contribution in [0.15, 0.2) is 30.3 Å². The molecule has 18 heavy (non-hydrogen) atoms. The van der Waals surface area contributed by atoms with Crippen LogP contribution in [0, 0.1) is 20.8 Å². The molecule has 0 heterocycles. The van der Waals surface area contributed by atoms with Crippen LogP contribution in [0.4, 0.5) is 5.69 Å². The second kappa shape index (κ2) is 4.91. The van der Waals surface area contributed by atoms with Gasteiger partial charge in [0, 0.05) is 10.7 Å². The van der Waals surface area contributed by atoms with Crippen LogP contribution in [-0.4, -0.2) is 0 Å². The van der Waals surface area contributed by atoms with E-state index in [2.05, 4.69) is 0 Å². The van der Waals surface area contributed by atoms with Gasteiger partial charge < -0.3 is 10.5 Å². The van der Waals surface area contributed by atoms with Gasteiger partial charge in [-0.1, -0.05) is 11.6 Å². The third kappa shape index (κ3) is 2.59. The third-order valence-electron chi connectivity index (χ3n) is 2.92. The number of nitrogens with two attached hydrogens (primary N) is 1. The van der Waals surface area contributed by atoms with Crippen LogP contribution in [0.25, 0.3) is 0 Å². The van der Waals surface area contributed by atoms with Gasteiger partial charge >= 0.3 is 0 Å². The Kier molecular flexibility index (Phi) is 3.48. The second-order valence-electron chi connectivity index (χ2n) is 4.49. The summed E-state index contributed by atoms with van der Waals surface area (Å²) in [6, 6.07) is 9.50. The number of hydrogen-bond donors (Lipinski definition) is 1. The number of ether oxygens (including phenoxy) is 1. The molecular formula is C15H16ClNO. The maximum Gasteiger partial charge on any atom is 0.130 e. The zero-order valence-electron chi connectivity index (χ0n) is 10.8. The monoisotopic (exact) mass is 261 g/mol. The third-order valence-corrected chi connectivity index (χ3v) is 3.34. The molecule has 2 aromatic carbocycles. The smallest absolute Gasteiger partial charge is 0.130 e. The molecule has 0 unspecified atom stereocenters. The van der Waals surface area contributed by atoms with E-state index in [9.17, 15) is 0 Å². The Morgan fingerprint density at radius 1 is 0.944 bits per heavy atom. The minimum atomic E-state index is 0.743. The summed E-state index contributed by atoms with van der Waals surface area (Å²) in [6.07, 6.45) is 0. The van der Waals surface area contributed by atoms with E-state index < -0.39 is 0 Å². The van der Waals surface area contributed by atoms with Gasteiger partial charge in [-0.15, -0.1) is 0 Å². The molecule has 2 aromatic rings. The van der Waals surface area contributed by atoms with Gasteiger partial charge in [0.05, 0.1) is 0 Å². The molecule has 0 aliphatic heterocycles. The predicted molar refractivity (Wildman–Crippen MR) is 76.6 cm³/mol. The van der Waals surface area contributed by atoms with Crippen LogP contribution in [0.1, 0.15) is 16.7 Å². The Balaban J connectivity index is 2.34. The molecule has 0 radical (unpaired) electrons. The van der Waals surface area contributed by atoms with Gasteiger partial charge in [-0.3, -0.25) is 0 Å². The maximum absolute atomic E-state index is 5.99. The number of aryl methyl sites for hydroxylation is 3. The first-order valence-corrected chi connectivity index (χ1v) is 6.16. The fourth-order valence-electron chi connectivity index (χ4n) is 1.73. The van der Waals surface area contributed by atoms with Crippen LogP contribution in [0.2, 0.25) is 5.02 Å². The molecule has 0 saturated heterocycles. The zero-order chi connectivity index (χ0) is 13.3. The molecule has 94 valence electrons. The van der Waals surface area contributed by atoms with E-state index >= 15 is 0 Å². The normalized spacial score (nSPS) is 10.4. The van der Waals surface area contributed by atoms with Crippen molar-refractivity contribution in [3.63, 3.8) is 0 Å². The molecule has 0 aliphatic rings. The van der Waals surface area contributed by atoms with Crippen LogP contribution in [-0.2, 0) is 0 Å².